The molecule has 2 fully saturated rings. The van der Waals surface area contributed by atoms with Crippen LogP contribution in [0.4, 0.5) is 0 Å². The van der Waals surface area contributed by atoms with Gasteiger partial charge in [-0.3, -0.25) is 9.69 Å². The van der Waals surface area contributed by atoms with E-state index in [0.717, 1.165) is 13.0 Å². The Labute approximate surface area is 88.6 Å². The van der Waals surface area contributed by atoms with Crippen LogP contribution in [0.3, 0.4) is 0 Å². The van der Waals surface area contributed by atoms with Gasteiger partial charge in [0.2, 0.25) is 0 Å². The molecule has 2 rings (SSSR count). The quantitative estimate of drug-likeness (QED) is 0.652. The summed E-state index contributed by atoms with van der Waals surface area (Å²) in [7, 11) is 0. The first-order chi connectivity index (χ1) is 7.11. The van der Waals surface area contributed by atoms with E-state index in [4.69, 9.17) is 9.84 Å². The molecule has 4 unspecified atom stereocenters. The molecule has 0 bridgehead atoms. The fourth-order valence-electron chi connectivity index (χ4n) is 2.58. The number of carboxylic acid groups (broad SMARTS) is 1. The second-order valence-electron chi connectivity index (χ2n) is 4.46. The van der Waals surface area contributed by atoms with Gasteiger partial charge >= 0.3 is 5.97 Å². The monoisotopic (exact) mass is 215 g/mol. The number of carbonyl (C=O) groups is 1. The van der Waals surface area contributed by atoms with Gasteiger partial charge in [-0.05, 0) is 18.9 Å². The Bertz CT molecular complexity index is 258. The third-order valence-electron chi connectivity index (χ3n) is 3.44. The van der Waals surface area contributed by atoms with Gasteiger partial charge in [-0.2, -0.15) is 0 Å². The standard InChI is InChI=1S/C10H17NO4/c1-6-2-3-11(9(6)10(13)14)7-4-15-5-8(7)12/h6-9,12H,2-5H2,1H3,(H,13,14). The second-order valence-corrected chi connectivity index (χ2v) is 4.46. The van der Waals surface area contributed by atoms with Crippen molar-refractivity contribution in [1.82, 2.24) is 4.90 Å². The Morgan fingerprint density at radius 3 is 2.73 bits per heavy atom. The number of ether oxygens (including phenoxy) is 1. The van der Waals surface area contributed by atoms with Crippen molar-refractivity contribution in [3.8, 4) is 0 Å². The van der Waals surface area contributed by atoms with Crippen LogP contribution in [0.5, 0.6) is 0 Å². The molecule has 2 aliphatic rings. The minimum absolute atomic E-state index is 0.143. The number of aliphatic hydroxyl groups is 1. The maximum absolute atomic E-state index is 11.1. The highest BCUT2D eigenvalue weighted by Crippen LogP contribution is 2.29. The van der Waals surface area contributed by atoms with E-state index in [1.807, 2.05) is 11.8 Å². The molecule has 2 N–H and O–H groups in total. The molecule has 0 radical (unpaired) electrons. The molecule has 0 spiro atoms. The molecule has 0 aromatic rings. The average molecular weight is 215 g/mol. The molecule has 0 amide bonds. The number of aliphatic carboxylic acids is 1. The number of likely N-dealkylation sites (tertiary alicyclic amines) is 1. The minimum atomic E-state index is -0.792. The van der Waals surface area contributed by atoms with Gasteiger partial charge in [-0.1, -0.05) is 6.92 Å². The molecule has 4 atom stereocenters. The van der Waals surface area contributed by atoms with Crippen molar-refractivity contribution in [2.45, 2.75) is 31.5 Å². The first-order valence-electron chi connectivity index (χ1n) is 5.35. The van der Waals surface area contributed by atoms with Crippen LogP contribution in [0.2, 0.25) is 0 Å². The largest absolute Gasteiger partial charge is 0.480 e. The lowest BCUT2D eigenvalue weighted by atomic mass is 10.0. The molecule has 86 valence electrons. The molecule has 2 aliphatic heterocycles. The van der Waals surface area contributed by atoms with Crippen LogP contribution in [0.1, 0.15) is 13.3 Å². The van der Waals surface area contributed by atoms with Gasteiger partial charge in [0.25, 0.3) is 0 Å². The summed E-state index contributed by atoms with van der Waals surface area (Å²) in [6.45, 7) is 3.45. The molecule has 0 aromatic heterocycles. The summed E-state index contributed by atoms with van der Waals surface area (Å²) in [5, 5.41) is 18.8. The van der Waals surface area contributed by atoms with Crippen LogP contribution in [0.15, 0.2) is 0 Å². The SMILES string of the molecule is CC1CCN(C2COCC2O)C1C(=O)O. The first-order valence-corrected chi connectivity index (χ1v) is 5.35. The molecule has 15 heavy (non-hydrogen) atoms. The zero-order chi connectivity index (χ0) is 11.0. The Kier molecular flexibility index (Phi) is 2.95. The van der Waals surface area contributed by atoms with Gasteiger partial charge in [0.15, 0.2) is 0 Å². The normalized spacial score (nSPS) is 42.3. The molecular weight excluding hydrogens is 198 g/mol. The predicted octanol–water partition coefficient (Wildman–Crippen LogP) is -0.459. The second kappa shape index (κ2) is 4.08. The van der Waals surface area contributed by atoms with Gasteiger partial charge in [0.1, 0.15) is 6.04 Å². The lowest BCUT2D eigenvalue weighted by Crippen LogP contribution is -2.49. The lowest BCUT2D eigenvalue weighted by molar-refractivity contribution is -0.144. The predicted molar refractivity (Wildman–Crippen MR) is 52.5 cm³/mol. The maximum Gasteiger partial charge on any atom is 0.321 e. The van der Waals surface area contributed by atoms with Gasteiger partial charge in [-0.25, -0.2) is 0 Å². The van der Waals surface area contributed by atoms with E-state index in [0.29, 0.717) is 13.2 Å². The molecule has 2 saturated heterocycles. The summed E-state index contributed by atoms with van der Waals surface area (Å²) in [5.41, 5.74) is 0. The highest BCUT2D eigenvalue weighted by Gasteiger charge is 2.44. The van der Waals surface area contributed by atoms with Crippen molar-refractivity contribution in [2.75, 3.05) is 19.8 Å². The third-order valence-corrected chi connectivity index (χ3v) is 3.44. The van der Waals surface area contributed by atoms with Crippen molar-refractivity contribution in [1.29, 1.82) is 0 Å². The van der Waals surface area contributed by atoms with Crippen LogP contribution in [0, 0.1) is 5.92 Å². The van der Waals surface area contributed by atoms with E-state index in [1.54, 1.807) is 0 Å². The van der Waals surface area contributed by atoms with Crippen LogP contribution >= 0.6 is 0 Å². The van der Waals surface area contributed by atoms with Gasteiger partial charge < -0.3 is 14.9 Å². The van der Waals surface area contributed by atoms with Crippen molar-refractivity contribution >= 4 is 5.97 Å². The molecule has 5 nitrogen and oxygen atoms in total. The van der Waals surface area contributed by atoms with Crippen LogP contribution in [-0.2, 0) is 9.53 Å². The molecule has 0 saturated carbocycles. The number of hydrogen-bond acceptors (Lipinski definition) is 4. The number of aliphatic hydroxyl groups excluding tert-OH is 1. The Morgan fingerprint density at radius 2 is 2.20 bits per heavy atom. The average Bonchev–Trinajstić information content (AvgIpc) is 2.71. The topological polar surface area (TPSA) is 70.0 Å². The summed E-state index contributed by atoms with van der Waals surface area (Å²) in [6, 6.07) is -0.609. The number of rotatable bonds is 2. The Hall–Kier alpha value is -0.650. The Balaban J connectivity index is 2.11. The minimum Gasteiger partial charge on any atom is -0.480 e. The van der Waals surface area contributed by atoms with Gasteiger partial charge in [0.05, 0.1) is 25.4 Å². The van der Waals surface area contributed by atoms with E-state index in [1.165, 1.54) is 0 Å². The van der Waals surface area contributed by atoms with E-state index in [-0.39, 0.29) is 12.0 Å². The summed E-state index contributed by atoms with van der Waals surface area (Å²) in [4.78, 5) is 13.0. The van der Waals surface area contributed by atoms with E-state index in [9.17, 15) is 9.90 Å². The van der Waals surface area contributed by atoms with E-state index >= 15 is 0 Å². The van der Waals surface area contributed by atoms with Crippen molar-refractivity contribution in [3.05, 3.63) is 0 Å². The number of carboxylic acids is 1. The van der Waals surface area contributed by atoms with Crippen molar-refractivity contribution in [2.24, 2.45) is 5.92 Å². The fraction of sp³-hybridized carbons (Fsp3) is 0.900. The fourth-order valence-corrected chi connectivity index (χ4v) is 2.58. The lowest BCUT2D eigenvalue weighted by Gasteiger charge is -2.30. The molecule has 0 aliphatic carbocycles. The van der Waals surface area contributed by atoms with E-state index in [2.05, 4.69) is 0 Å². The summed E-state index contributed by atoms with van der Waals surface area (Å²) in [5.74, 6) is -0.644. The van der Waals surface area contributed by atoms with E-state index < -0.39 is 18.1 Å². The number of hydrogen-bond donors (Lipinski definition) is 2. The van der Waals surface area contributed by atoms with Crippen molar-refractivity contribution in [3.63, 3.8) is 0 Å². The summed E-state index contributed by atoms with van der Waals surface area (Å²) >= 11 is 0. The molecule has 2 heterocycles. The highest BCUT2D eigenvalue weighted by molar-refractivity contribution is 5.74. The van der Waals surface area contributed by atoms with Crippen LogP contribution < -0.4 is 0 Å². The van der Waals surface area contributed by atoms with Gasteiger partial charge in [-0.15, -0.1) is 0 Å². The zero-order valence-corrected chi connectivity index (χ0v) is 8.80. The summed E-state index contributed by atoms with van der Waals surface area (Å²) in [6.07, 6.45) is 0.331. The molecular formula is C10H17NO4. The molecule has 0 aromatic carbocycles. The van der Waals surface area contributed by atoms with Crippen LogP contribution in [-0.4, -0.2) is 59.0 Å². The Morgan fingerprint density at radius 1 is 1.47 bits per heavy atom. The third kappa shape index (κ3) is 1.87. The van der Waals surface area contributed by atoms with Crippen molar-refractivity contribution < 1.29 is 19.7 Å². The summed E-state index contributed by atoms with van der Waals surface area (Å²) < 4.78 is 5.16. The first kappa shape index (κ1) is 10.9. The highest BCUT2D eigenvalue weighted by atomic mass is 16.5. The number of nitrogens with zero attached hydrogens (tertiary/aromatic N) is 1. The maximum atomic E-state index is 11.1. The zero-order valence-electron chi connectivity index (χ0n) is 8.80. The smallest absolute Gasteiger partial charge is 0.321 e. The van der Waals surface area contributed by atoms with Gasteiger partial charge in [0, 0.05) is 0 Å². The molecule has 5 heteroatoms. The van der Waals surface area contributed by atoms with Crippen LogP contribution in [0.25, 0.3) is 0 Å².